The van der Waals surface area contributed by atoms with Gasteiger partial charge in [0.1, 0.15) is 5.82 Å². The molecule has 8 heteroatoms. The Bertz CT molecular complexity index is 874. The average molecular weight is 403 g/mol. The molecule has 0 atom stereocenters. The van der Waals surface area contributed by atoms with E-state index in [1.165, 1.54) is 30.7 Å². The van der Waals surface area contributed by atoms with Gasteiger partial charge in [-0.25, -0.2) is 4.68 Å². The number of hydrogen-bond acceptors (Lipinski definition) is 5. The van der Waals surface area contributed by atoms with Crippen LogP contribution in [0.15, 0.2) is 29.3 Å². The van der Waals surface area contributed by atoms with Gasteiger partial charge in [-0.1, -0.05) is 13.8 Å². The van der Waals surface area contributed by atoms with Gasteiger partial charge in [0.15, 0.2) is 0 Å². The predicted octanol–water partition coefficient (Wildman–Crippen LogP) is 4.90. The van der Waals surface area contributed by atoms with Crippen molar-refractivity contribution in [3.63, 3.8) is 0 Å². The second kappa shape index (κ2) is 8.77. The summed E-state index contributed by atoms with van der Waals surface area (Å²) in [6.45, 7) is 6.93. The van der Waals surface area contributed by atoms with Crippen molar-refractivity contribution in [1.29, 1.82) is 0 Å². The maximum absolute atomic E-state index is 12.7. The molecule has 150 valence electrons. The summed E-state index contributed by atoms with van der Waals surface area (Å²) in [5.74, 6) is 2.28. The average Bonchev–Trinajstić information content (AvgIpc) is 3.40. The van der Waals surface area contributed by atoms with Crippen LogP contribution in [0.25, 0.3) is 0 Å². The Morgan fingerprint density at radius 3 is 2.82 bits per heavy atom. The lowest BCUT2D eigenvalue weighted by Crippen LogP contribution is -2.17. The molecule has 1 aromatic carbocycles. The van der Waals surface area contributed by atoms with E-state index in [2.05, 4.69) is 24.3 Å². The number of amides is 1. The molecule has 0 saturated heterocycles. The highest BCUT2D eigenvalue weighted by Gasteiger charge is 2.25. The molecule has 1 aromatic heterocycles. The first-order valence-corrected chi connectivity index (χ1v) is 10.6. The summed E-state index contributed by atoms with van der Waals surface area (Å²) in [4.78, 5) is 24.4. The van der Waals surface area contributed by atoms with E-state index in [0.717, 1.165) is 24.3 Å². The van der Waals surface area contributed by atoms with Crippen molar-refractivity contribution in [2.45, 2.75) is 51.5 Å². The van der Waals surface area contributed by atoms with Crippen LogP contribution in [0.3, 0.4) is 0 Å². The predicted molar refractivity (Wildman–Crippen MR) is 111 cm³/mol. The summed E-state index contributed by atoms with van der Waals surface area (Å²) in [6, 6.07) is 4.69. The van der Waals surface area contributed by atoms with Crippen LogP contribution < -0.4 is 5.32 Å². The second-order valence-corrected chi connectivity index (χ2v) is 8.86. The molecule has 1 aliphatic rings. The molecular weight excluding hydrogens is 376 g/mol. The molecule has 3 rings (SSSR count). The number of hydrogen-bond donors (Lipinski definition) is 1. The van der Waals surface area contributed by atoms with Crippen molar-refractivity contribution in [2.24, 2.45) is 11.8 Å². The molecule has 0 spiro atoms. The fraction of sp³-hybridized carbons (Fsp3) is 0.500. The largest absolute Gasteiger partial charge is 0.307 e. The van der Waals surface area contributed by atoms with Gasteiger partial charge in [0, 0.05) is 23.7 Å². The Hall–Kier alpha value is -2.35. The number of anilines is 1. The van der Waals surface area contributed by atoms with Crippen molar-refractivity contribution in [3.8, 4) is 0 Å². The quantitative estimate of drug-likeness (QED) is 0.366. The van der Waals surface area contributed by atoms with Gasteiger partial charge >= 0.3 is 0 Å². The van der Waals surface area contributed by atoms with Crippen LogP contribution in [0, 0.1) is 28.9 Å². The normalized spacial score (nSPS) is 13.7. The van der Waals surface area contributed by atoms with Crippen LogP contribution in [0.5, 0.6) is 0 Å². The molecule has 1 aliphatic carbocycles. The van der Waals surface area contributed by atoms with Crippen molar-refractivity contribution >= 4 is 29.2 Å². The number of nitro benzene ring substituents is 1. The highest BCUT2D eigenvalue weighted by Crippen LogP contribution is 2.33. The Morgan fingerprint density at radius 1 is 1.43 bits per heavy atom. The standard InChI is InChI=1S/C20H26N4O3S/c1-13(2)8-9-28-18-7-6-16(10-17(18)24(26)27)20(25)22-19-14(3)11-21-23(19)12-15-4-5-15/h6-7,10-11,13,15H,4-5,8-9,12H2,1-3H3,(H,22,25). The lowest BCUT2D eigenvalue weighted by atomic mass is 10.2. The van der Waals surface area contributed by atoms with Gasteiger partial charge in [-0.15, -0.1) is 11.8 Å². The Balaban J connectivity index is 1.75. The third-order valence-electron chi connectivity index (χ3n) is 4.75. The van der Waals surface area contributed by atoms with Crippen molar-refractivity contribution in [1.82, 2.24) is 9.78 Å². The molecule has 2 aromatic rings. The van der Waals surface area contributed by atoms with Gasteiger partial charge in [-0.2, -0.15) is 5.10 Å². The van der Waals surface area contributed by atoms with Crippen molar-refractivity contribution < 1.29 is 9.72 Å². The zero-order valence-corrected chi connectivity index (χ0v) is 17.3. The van der Waals surface area contributed by atoms with Crippen LogP contribution in [-0.4, -0.2) is 26.4 Å². The summed E-state index contributed by atoms with van der Waals surface area (Å²) in [7, 11) is 0. The SMILES string of the molecule is Cc1cnn(CC2CC2)c1NC(=O)c1ccc(SCCC(C)C)c([N+](=O)[O-])c1. The number of aromatic nitrogens is 2. The second-order valence-electron chi connectivity index (χ2n) is 7.73. The molecule has 28 heavy (non-hydrogen) atoms. The number of nitrogens with one attached hydrogen (secondary N) is 1. The number of rotatable bonds is 9. The number of thioether (sulfide) groups is 1. The molecule has 0 unspecified atom stereocenters. The van der Waals surface area contributed by atoms with Crippen molar-refractivity contribution in [2.75, 3.05) is 11.1 Å². The number of nitrogens with zero attached hydrogens (tertiary/aromatic N) is 3. The van der Waals surface area contributed by atoms with Crippen molar-refractivity contribution in [3.05, 3.63) is 45.6 Å². The van der Waals surface area contributed by atoms with Gasteiger partial charge in [-0.05, 0) is 55.9 Å². The molecule has 0 radical (unpaired) electrons. The fourth-order valence-corrected chi connectivity index (χ4v) is 4.09. The zero-order valence-electron chi connectivity index (χ0n) is 16.5. The number of carbonyl (C=O) groups is 1. The van der Waals surface area contributed by atoms with Gasteiger partial charge in [0.05, 0.1) is 16.0 Å². The van der Waals surface area contributed by atoms with Crippen LogP contribution in [0.1, 0.15) is 49.0 Å². The van der Waals surface area contributed by atoms with Crippen LogP contribution >= 0.6 is 11.8 Å². The molecular formula is C20H26N4O3S. The Kier molecular flexibility index (Phi) is 6.39. The molecule has 1 saturated carbocycles. The van der Waals surface area contributed by atoms with Crippen LogP contribution in [0.4, 0.5) is 11.5 Å². The van der Waals surface area contributed by atoms with Crippen LogP contribution in [-0.2, 0) is 6.54 Å². The smallest absolute Gasteiger partial charge is 0.283 e. The summed E-state index contributed by atoms with van der Waals surface area (Å²) < 4.78 is 1.81. The lowest BCUT2D eigenvalue weighted by molar-refractivity contribution is -0.387. The Labute approximate surface area is 169 Å². The number of benzene rings is 1. The van der Waals surface area contributed by atoms with E-state index in [-0.39, 0.29) is 17.2 Å². The zero-order chi connectivity index (χ0) is 20.3. The number of nitro groups is 1. The maximum Gasteiger partial charge on any atom is 0.283 e. The van der Waals surface area contributed by atoms with E-state index in [1.807, 2.05) is 11.6 Å². The third kappa shape index (κ3) is 5.13. The monoisotopic (exact) mass is 402 g/mol. The summed E-state index contributed by atoms with van der Waals surface area (Å²) >= 11 is 1.46. The summed E-state index contributed by atoms with van der Waals surface area (Å²) in [6.07, 6.45) is 5.09. The lowest BCUT2D eigenvalue weighted by Gasteiger charge is -2.11. The molecule has 0 aliphatic heterocycles. The topological polar surface area (TPSA) is 90.1 Å². The Morgan fingerprint density at radius 2 is 2.18 bits per heavy atom. The van der Waals surface area contributed by atoms with Gasteiger partial charge in [0.2, 0.25) is 0 Å². The number of aryl methyl sites for hydroxylation is 1. The van der Waals surface area contributed by atoms with Gasteiger partial charge < -0.3 is 5.32 Å². The first-order valence-electron chi connectivity index (χ1n) is 9.60. The molecule has 1 amide bonds. The molecule has 0 bridgehead atoms. The minimum Gasteiger partial charge on any atom is -0.307 e. The molecule has 7 nitrogen and oxygen atoms in total. The van der Waals surface area contributed by atoms with Crippen LogP contribution in [0.2, 0.25) is 0 Å². The van der Waals surface area contributed by atoms with E-state index < -0.39 is 4.92 Å². The van der Waals surface area contributed by atoms with E-state index in [0.29, 0.717) is 22.5 Å². The van der Waals surface area contributed by atoms with E-state index >= 15 is 0 Å². The summed E-state index contributed by atoms with van der Waals surface area (Å²) in [5.41, 5.74) is 1.13. The first kappa shape index (κ1) is 20.4. The fourth-order valence-electron chi connectivity index (χ4n) is 2.83. The number of carbonyl (C=O) groups excluding carboxylic acids is 1. The van der Waals surface area contributed by atoms with E-state index in [4.69, 9.17) is 0 Å². The van der Waals surface area contributed by atoms with E-state index in [9.17, 15) is 14.9 Å². The molecule has 1 N–H and O–H groups in total. The minimum absolute atomic E-state index is 0.0235. The molecule has 1 heterocycles. The van der Waals surface area contributed by atoms with Gasteiger partial charge in [0.25, 0.3) is 11.6 Å². The highest BCUT2D eigenvalue weighted by molar-refractivity contribution is 7.99. The first-order chi connectivity index (χ1) is 13.3. The minimum atomic E-state index is -0.420. The third-order valence-corrected chi connectivity index (χ3v) is 5.85. The highest BCUT2D eigenvalue weighted by atomic mass is 32.2. The summed E-state index contributed by atoms with van der Waals surface area (Å²) in [5, 5.41) is 18.7. The van der Waals surface area contributed by atoms with Gasteiger partial charge in [-0.3, -0.25) is 14.9 Å². The molecule has 1 fully saturated rings. The van der Waals surface area contributed by atoms with E-state index in [1.54, 1.807) is 18.3 Å². The maximum atomic E-state index is 12.7.